The summed E-state index contributed by atoms with van der Waals surface area (Å²) in [6.45, 7) is 6.61. The van der Waals surface area contributed by atoms with Crippen LogP contribution in [0.2, 0.25) is 0 Å². The molecule has 9 unspecified atom stereocenters. The summed E-state index contributed by atoms with van der Waals surface area (Å²) in [6.07, 6.45) is -0.348. The summed E-state index contributed by atoms with van der Waals surface area (Å²) in [4.78, 5) is 38.4. The fourth-order valence-electron chi connectivity index (χ4n) is 8.76. The molecule has 3 heterocycles. The first-order chi connectivity index (χ1) is 16.7. The highest BCUT2D eigenvalue weighted by Crippen LogP contribution is 2.77. The van der Waals surface area contributed by atoms with Crippen LogP contribution in [0.5, 0.6) is 0 Å². The molecule has 9 atom stereocenters. The van der Waals surface area contributed by atoms with Gasteiger partial charge in [0.2, 0.25) is 0 Å². The van der Waals surface area contributed by atoms with Crippen LogP contribution in [-0.4, -0.2) is 68.2 Å². The van der Waals surface area contributed by atoms with Crippen LogP contribution in [0.1, 0.15) is 65.0 Å². The number of hydrogen-bond donors (Lipinski definition) is 4. The summed E-state index contributed by atoms with van der Waals surface area (Å²) in [5.41, 5.74) is -5.70. The zero-order chi connectivity index (χ0) is 26.5. The van der Waals surface area contributed by atoms with E-state index in [0.29, 0.717) is 12.0 Å². The van der Waals surface area contributed by atoms with Gasteiger partial charge in [-0.3, -0.25) is 9.59 Å². The van der Waals surface area contributed by atoms with E-state index in [9.17, 15) is 34.8 Å². The van der Waals surface area contributed by atoms with Gasteiger partial charge in [0.05, 0.1) is 48.8 Å². The van der Waals surface area contributed by atoms with Crippen LogP contribution in [0.4, 0.5) is 0 Å². The number of epoxide rings is 1. The Bertz CT molecular complexity index is 1100. The van der Waals surface area contributed by atoms with Crippen molar-refractivity contribution in [1.29, 1.82) is 0 Å². The third-order valence-electron chi connectivity index (χ3n) is 10.4. The van der Waals surface area contributed by atoms with Gasteiger partial charge in [-0.25, -0.2) is 4.79 Å². The molecule has 4 N–H and O–H groups in total. The summed E-state index contributed by atoms with van der Waals surface area (Å²) >= 11 is 0. The van der Waals surface area contributed by atoms with Crippen molar-refractivity contribution in [2.24, 2.45) is 28.1 Å². The molecule has 1 aromatic rings. The standard InChI is InChI=1S/C26H34O10/c1-22(2)15-9-16(28)24(4)14(25(15,12-27)17(35-22)10-18(29)30)5-7-23(3,19(31)13-6-8-34-11-13)26(24)20(36-26)21(32)33/h6,8,11,14-15,17,19-20,27,31H,5,7,9-10,12H2,1-4H3,(H,29,30)(H,32,33). The van der Waals surface area contributed by atoms with Crippen LogP contribution in [0.3, 0.4) is 0 Å². The number of hydrogen-bond acceptors (Lipinski definition) is 8. The van der Waals surface area contributed by atoms with Gasteiger partial charge in [-0.05, 0) is 45.6 Å². The quantitative estimate of drug-likeness (QED) is 0.420. The molecule has 4 aliphatic rings. The van der Waals surface area contributed by atoms with E-state index in [4.69, 9.17) is 13.9 Å². The van der Waals surface area contributed by atoms with Crippen LogP contribution < -0.4 is 0 Å². The fourth-order valence-corrected chi connectivity index (χ4v) is 8.76. The Balaban J connectivity index is 1.70. The first-order valence-corrected chi connectivity index (χ1v) is 12.4. The average Bonchev–Trinajstić information content (AvgIpc) is 3.27. The minimum atomic E-state index is -1.57. The number of aliphatic hydroxyl groups excluding tert-OH is 2. The monoisotopic (exact) mass is 506 g/mol. The van der Waals surface area contributed by atoms with Gasteiger partial charge in [0.1, 0.15) is 11.4 Å². The first kappa shape index (κ1) is 25.4. The second kappa shape index (κ2) is 7.63. The molecule has 2 aliphatic carbocycles. The second-order valence-corrected chi connectivity index (χ2v) is 12.0. The van der Waals surface area contributed by atoms with Gasteiger partial charge in [-0.15, -0.1) is 0 Å². The van der Waals surface area contributed by atoms with Gasteiger partial charge in [0.25, 0.3) is 0 Å². The number of aliphatic hydroxyl groups is 2. The number of aliphatic carboxylic acids is 2. The Morgan fingerprint density at radius 2 is 1.83 bits per heavy atom. The van der Waals surface area contributed by atoms with Crippen molar-refractivity contribution in [1.82, 2.24) is 0 Å². The van der Waals surface area contributed by atoms with Crippen LogP contribution in [0, 0.1) is 28.1 Å². The Hall–Kier alpha value is -2.27. The van der Waals surface area contributed by atoms with Gasteiger partial charge in [-0.1, -0.05) is 6.92 Å². The molecule has 0 radical (unpaired) electrons. The summed E-state index contributed by atoms with van der Waals surface area (Å²) in [5.74, 6) is -3.63. The van der Waals surface area contributed by atoms with E-state index in [0.717, 1.165) is 0 Å². The molecule has 4 fully saturated rings. The Kier molecular flexibility index (Phi) is 5.38. The number of carboxylic acids is 2. The fraction of sp³-hybridized carbons (Fsp3) is 0.731. The van der Waals surface area contributed by atoms with Crippen molar-refractivity contribution in [3.63, 3.8) is 0 Å². The van der Waals surface area contributed by atoms with Crippen LogP contribution in [0.15, 0.2) is 23.0 Å². The van der Waals surface area contributed by atoms with E-state index in [1.807, 2.05) is 0 Å². The molecule has 36 heavy (non-hydrogen) atoms. The molecule has 2 saturated carbocycles. The predicted octanol–water partition coefficient (Wildman–Crippen LogP) is 2.18. The Morgan fingerprint density at radius 3 is 2.36 bits per heavy atom. The number of furan rings is 1. The van der Waals surface area contributed by atoms with Crippen LogP contribution >= 0.6 is 0 Å². The number of ketones is 1. The maximum atomic E-state index is 14.2. The molecule has 10 heteroatoms. The number of Topliss-reactive ketones (excluding diaryl/α,β-unsaturated/α-hetero) is 1. The minimum absolute atomic E-state index is 0.0218. The van der Waals surface area contributed by atoms with E-state index < -0.39 is 76.1 Å². The Labute approximate surface area is 208 Å². The maximum Gasteiger partial charge on any atom is 0.335 e. The van der Waals surface area contributed by atoms with Gasteiger partial charge in [0, 0.05) is 28.7 Å². The molecule has 0 aromatic carbocycles. The molecule has 198 valence electrons. The predicted molar refractivity (Wildman–Crippen MR) is 122 cm³/mol. The summed E-state index contributed by atoms with van der Waals surface area (Å²) in [7, 11) is 0. The lowest BCUT2D eigenvalue weighted by Crippen LogP contribution is -2.71. The lowest BCUT2D eigenvalue weighted by molar-refractivity contribution is -0.206. The number of ether oxygens (including phenoxy) is 2. The highest BCUT2D eigenvalue weighted by Gasteiger charge is 2.87. The largest absolute Gasteiger partial charge is 0.481 e. The number of carbonyl (C=O) groups excluding carboxylic acids is 1. The van der Waals surface area contributed by atoms with E-state index in [2.05, 4.69) is 0 Å². The van der Waals surface area contributed by atoms with E-state index in [-0.39, 0.29) is 25.0 Å². The summed E-state index contributed by atoms with van der Waals surface area (Å²) in [6, 6.07) is 1.60. The van der Waals surface area contributed by atoms with Gasteiger partial charge in [-0.2, -0.15) is 0 Å². The minimum Gasteiger partial charge on any atom is -0.481 e. The molecular weight excluding hydrogens is 472 g/mol. The molecule has 1 spiro atoms. The topological polar surface area (TPSA) is 167 Å². The van der Waals surface area contributed by atoms with Gasteiger partial charge >= 0.3 is 11.9 Å². The van der Waals surface area contributed by atoms with Crippen molar-refractivity contribution in [2.75, 3.05) is 6.61 Å². The van der Waals surface area contributed by atoms with E-state index in [1.165, 1.54) is 12.5 Å². The van der Waals surface area contributed by atoms with Crippen molar-refractivity contribution >= 4 is 17.7 Å². The lowest BCUT2D eigenvalue weighted by atomic mass is 9.37. The second-order valence-electron chi connectivity index (χ2n) is 12.0. The number of carbonyl (C=O) groups is 3. The molecule has 5 rings (SSSR count). The van der Waals surface area contributed by atoms with Crippen LogP contribution in [0.25, 0.3) is 0 Å². The summed E-state index contributed by atoms with van der Waals surface area (Å²) in [5, 5.41) is 42.2. The SMILES string of the molecule is CC1(C)OC(CC(=O)O)C2(CO)C1CC(=O)C1(C)C2CCC(C)(C(O)c2ccoc2)C12OC2C(=O)O. The smallest absolute Gasteiger partial charge is 0.335 e. The average molecular weight is 507 g/mol. The Morgan fingerprint density at radius 1 is 1.14 bits per heavy atom. The molecule has 10 nitrogen and oxygen atoms in total. The molecule has 1 aromatic heterocycles. The molecule has 0 bridgehead atoms. The zero-order valence-electron chi connectivity index (χ0n) is 20.9. The molecule has 2 aliphatic heterocycles. The highest BCUT2D eigenvalue weighted by atomic mass is 16.6. The van der Waals surface area contributed by atoms with Crippen molar-refractivity contribution in [2.45, 2.75) is 82.9 Å². The molecule has 0 amide bonds. The van der Waals surface area contributed by atoms with E-state index >= 15 is 0 Å². The van der Waals surface area contributed by atoms with Gasteiger partial charge in [0.15, 0.2) is 6.10 Å². The third-order valence-corrected chi connectivity index (χ3v) is 10.4. The molecule has 2 saturated heterocycles. The van der Waals surface area contributed by atoms with Gasteiger partial charge < -0.3 is 34.3 Å². The number of carboxylic acid groups (broad SMARTS) is 2. The van der Waals surface area contributed by atoms with E-state index in [1.54, 1.807) is 33.8 Å². The zero-order valence-corrected chi connectivity index (χ0v) is 20.9. The first-order valence-electron chi connectivity index (χ1n) is 12.4. The number of rotatable bonds is 6. The van der Waals surface area contributed by atoms with Crippen molar-refractivity contribution in [3.8, 4) is 0 Å². The third kappa shape index (κ3) is 2.78. The highest BCUT2D eigenvalue weighted by molar-refractivity contribution is 5.92. The summed E-state index contributed by atoms with van der Waals surface area (Å²) < 4.78 is 17.5. The maximum absolute atomic E-state index is 14.2. The number of fused-ring (bicyclic) bond motifs is 4. The molecular formula is C26H34O10. The van der Waals surface area contributed by atoms with Crippen LogP contribution in [-0.2, 0) is 23.9 Å². The van der Waals surface area contributed by atoms with Crippen molar-refractivity contribution < 1.29 is 48.7 Å². The normalized spacial score (nSPS) is 45.7. The lowest BCUT2D eigenvalue weighted by Gasteiger charge is -2.63. The van der Waals surface area contributed by atoms with Crippen molar-refractivity contribution in [3.05, 3.63) is 24.2 Å².